The topological polar surface area (TPSA) is 76.3 Å². The van der Waals surface area contributed by atoms with Gasteiger partial charge >= 0.3 is 0 Å². The summed E-state index contributed by atoms with van der Waals surface area (Å²) in [5, 5.41) is 16.1. The van der Waals surface area contributed by atoms with Gasteiger partial charge in [-0.1, -0.05) is 27.2 Å². The van der Waals surface area contributed by atoms with E-state index >= 15 is 0 Å². The molecular formula is C18H29N5O2. The normalized spacial score (nSPS) is 21.0. The second kappa shape index (κ2) is 7.66. The molecule has 2 atom stereocenters. The predicted molar refractivity (Wildman–Crippen MR) is 97.8 cm³/mol. The molecule has 0 spiro atoms. The first-order chi connectivity index (χ1) is 12.0. The number of hydrogen-bond acceptors (Lipinski definition) is 6. The van der Waals surface area contributed by atoms with Crippen molar-refractivity contribution < 1.29 is 9.84 Å². The van der Waals surface area contributed by atoms with Gasteiger partial charge in [0.1, 0.15) is 18.2 Å². The second-order valence-corrected chi connectivity index (χ2v) is 7.26. The summed E-state index contributed by atoms with van der Waals surface area (Å²) in [4.78, 5) is 11.2. The summed E-state index contributed by atoms with van der Waals surface area (Å²) < 4.78 is 7.40. The Bertz CT molecular complexity index is 715. The first kappa shape index (κ1) is 18.1. The number of rotatable bonds is 7. The molecule has 7 nitrogen and oxygen atoms in total. The Morgan fingerprint density at radius 2 is 2.12 bits per heavy atom. The Labute approximate surface area is 149 Å². The molecular weight excluding hydrogens is 318 g/mol. The van der Waals surface area contributed by atoms with E-state index in [1.54, 1.807) is 13.4 Å². The highest BCUT2D eigenvalue weighted by atomic mass is 16.5. The third-order valence-corrected chi connectivity index (χ3v) is 4.75. The summed E-state index contributed by atoms with van der Waals surface area (Å²) in [6.45, 7) is 8.58. The van der Waals surface area contributed by atoms with Gasteiger partial charge in [0.25, 0.3) is 0 Å². The lowest BCUT2D eigenvalue weighted by atomic mass is 10.1. The summed E-state index contributed by atoms with van der Waals surface area (Å²) >= 11 is 0. The molecule has 2 aromatic heterocycles. The lowest BCUT2D eigenvalue weighted by molar-refractivity contribution is 0.0217. The van der Waals surface area contributed by atoms with Gasteiger partial charge in [-0.3, -0.25) is 0 Å². The Morgan fingerprint density at radius 3 is 2.76 bits per heavy atom. The number of ether oxygens (including phenoxy) is 1. The van der Waals surface area contributed by atoms with Crippen LogP contribution in [-0.4, -0.2) is 57.3 Å². The van der Waals surface area contributed by atoms with Gasteiger partial charge in [0.05, 0.1) is 17.2 Å². The summed E-state index contributed by atoms with van der Waals surface area (Å²) in [6.07, 6.45) is 4.00. The molecule has 0 aromatic carbocycles. The lowest BCUT2D eigenvalue weighted by Crippen LogP contribution is -2.25. The minimum atomic E-state index is -0.501. The number of fused-ring (bicyclic) bond motifs is 1. The first-order valence-electron chi connectivity index (χ1n) is 9.21. The lowest BCUT2D eigenvalue weighted by Gasteiger charge is -2.18. The number of unbranched alkanes of at least 4 members (excludes halogenated alkanes) is 1. The highest BCUT2D eigenvalue weighted by Crippen LogP contribution is 2.31. The van der Waals surface area contributed by atoms with Gasteiger partial charge < -0.3 is 14.7 Å². The number of aryl methyl sites for hydroxylation is 1. The van der Waals surface area contributed by atoms with Crippen LogP contribution in [0.2, 0.25) is 0 Å². The zero-order chi connectivity index (χ0) is 18.0. The predicted octanol–water partition coefficient (Wildman–Crippen LogP) is 2.02. The molecule has 3 heterocycles. The van der Waals surface area contributed by atoms with Crippen LogP contribution in [0.3, 0.4) is 0 Å². The maximum absolute atomic E-state index is 10.2. The van der Waals surface area contributed by atoms with E-state index in [-0.39, 0.29) is 6.10 Å². The molecule has 1 aliphatic heterocycles. The summed E-state index contributed by atoms with van der Waals surface area (Å²) in [6, 6.07) is 0. The number of hydrogen-bond donors (Lipinski definition) is 1. The molecule has 0 aliphatic carbocycles. The molecule has 25 heavy (non-hydrogen) atoms. The van der Waals surface area contributed by atoms with Crippen molar-refractivity contribution in [1.29, 1.82) is 0 Å². The molecule has 7 heteroatoms. The molecule has 0 saturated carbocycles. The number of aliphatic hydroxyl groups is 1. The third-order valence-electron chi connectivity index (χ3n) is 4.75. The molecule has 2 aromatic rings. The number of nitrogens with zero attached hydrogens (tertiary/aromatic N) is 5. The van der Waals surface area contributed by atoms with Crippen molar-refractivity contribution in [2.75, 3.05) is 25.1 Å². The fourth-order valence-electron chi connectivity index (χ4n) is 3.46. The van der Waals surface area contributed by atoms with Gasteiger partial charge in [-0.05, 0) is 18.8 Å². The molecule has 3 rings (SSSR count). The van der Waals surface area contributed by atoms with Crippen molar-refractivity contribution in [2.45, 2.75) is 58.8 Å². The minimum absolute atomic E-state index is 0.186. The van der Waals surface area contributed by atoms with E-state index < -0.39 is 6.10 Å². The largest absolute Gasteiger partial charge is 0.388 e. The van der Waals surface area contributed by atoms with Gasteiger partial charge in [-0.15, -0.1) is 0 Å². The maximum Gasteiger partial charge on any atom is 0.163 e. The Morgan fingerprint density at radius 1 is 1.32 bits per heavy atom. The molecule has 0 bridgehead atoms. The molecule has 0 amide bonds. The van der Waals surface area contributed by atoms with Gasteiger partial charge in [0.15, 0.2) is 5.65 Å². The van der Waals surface area contributed by atoms with Crippen molar-refractivity contribution in [1.82, 2.24) is 19.7 Å². The fraction of sp³-hybridized carbons (Fsp3) is 0.722. The zero-order valence-corrected chi connectivity index (χ0v) is 15.6. The number of methoxy groups -OCH3 is 1. The van der Waals surface area contributed by atoms with Gasteiger partial charge in [0, 0.05) is 26.7 Å². The summed E-state index contributed by atoms with van der Waals surface area (Å²) in [5.74, 6) is 1.36. The van der Waals surface area contributed by atoms with Gasteiger partial charge in [-0.2, -0.15) is 5.10 Å². The van der Waals surface area contributed by atoms with E-state index in [0.29, 0.717) is 19.0 Å². The van der Waals surface area contributed by atoms with Gasteiger partial charge in [0.2, 0.25) is 0 Å². The van der Waals surface area contributed by atoms with Gasteiger partial charge in [-0.25, -0.2) is 14.6 Å². The van der Waals surface area contributed by atoms with Crippen LogP contribution in [-0.2, 0) is 17.7 Å². The number of aliphatic hydroxyl groups excluding tert-OH is 1. The average molecular weight is 347 g/mol. The Balaban J connectivity index is 2.05. The van der Waals surface area contributed by atoms with Crippen molar-refractivity contribution in [3.63, 3.8) is 0 Å². The number of β-amino-alcohol motifs (C(OH)–C–C–N with tert-alkyl or cyclic N) is 1. The van der Waals surface area contributed by atoms with Crippen LogP contribution in [0.25, 0.3) is 11.0 Å². The quantitative estimate of drug-likeness (QED) is 0.826. The van der Waals surface area contributed by atoms with Crippen LogP contribution >= 0.6 is 0 Å². The van der Waals surface area contributed by atoms with E-state index in [1.807, 2.05) is 4.68 Å². The zero-order valence-electron chi connectivity index (χ0n) is 15.6. The molecule has 0 unspecified atom stereocenters. The minimum Gasteiger partial charge on any atom is -0.388 e. The van der Waals surface area contributed by atoms with Crippen LogP contribution in [0.4, 0.5) is 5.82 Å². The summed E-state index contributed by atoms with van der Waals surface area (Å²) in [7, 11) is 1.64. The molecule has 1 aliphatic rings. The molecule has 0 radical (unpaired) electrons. The van der Waals surface area contributed by atoms with Crippen LogP contribution in [0.15, 0.2) is 6.33 Å². The maximum atomic E-state index is 10.2. The highest BCUT2D eigenvalue weighted by molar-refractivity contribution is 5.90. The van der Waals surface area contributed by atoms with Crippen molar-refractivity contribution >= 4 is 16.9 Å². The third kappa shape index (κ3) is 3.62. The van der Waals surface area contributed by atoms with E-state index in [0.717, 1.165) is 48.4 Å². The van der Waals surface area contributed by atoms with Crippen LogP contribution in [0.1, 0.15) is 39.3 Å². The van der Waals surface area contributed by atoms with Crippen molar-refractivity contribution in [2.24, 2.45) is 5.92 Å². The van der Waals surface area contributed by atoms with Crippen molar-refractivity contribution in [3.05, 3.63) is 12.0 Å². The van der Waals surface area contributed by atoms with Crippen LogP contribution in [0, 0.1) is 5.92 Å². The Hall–Kier alpha value is -1.73. The Kier molecular flexibility index (Phi) is 5.54. The smallest absolute Gasteiger partial charge is 0.163 e. The highest BCUT2D eigenvalue weighted by Gasteiger charge is 2.34. The monoisotopic (exact) mass is 347 g/mol. The average Bonchev–Trinajstić information content (AvgIpc) is 3.13. The molecule has 138 valence electrons. The SMILES string of the molecule is CCCCn1nc(CC(C)C)c2c(N3C[C@H](OC)[C@@H](O)C3)ncnc21. The van der Waals surface area contributed by atoms with E-state index in [9.17, 15) is 5.11 Å². The van der Waals surface area contributed by atoms with Crippen molar-refractivity contribution in [3.8, 4) is 0 Å². The number of aromatic nitrogens is 4. The number of anilines is 1. The summed E-state index contributed by atoms with van der Waals surface area (Å²) in [5.41, 5.74) is 1.94. The molecule has 1 fully saturated rings. The fourth-order valence-corrected chi connectivity index (χ4v) is 3.46. The molecule has 1 saturated heterocycles. The van der Waals surface area contributed by atoms with E-state index in [2.05, 4.69) is 35.6 Å². The first-order valence-corrected chi connectivity index (χ1v) is 9.21. The van der Waals surface area contributed by atoms with E-state index in [1.165, 1.54) is 0 Å². The standard InChI is InChI=1S/C18H29N5O2/c1-5-6-7-23-18-16(13(21-23)8-12(2)3)17(19-11-20-18)22-9-14(24)15(10-22)25-4/h11-12,14-15,24H,5-10H2,1-4H3/t14-,15-/m0/s1. The second-order valence-electron chi connectivity index (χ2n) is 7.26. The van der Waals surface area contributed by atoms with Crippen LogP contribution < -0.4 is 4.90 Å². The molecule has 1 N–H and O–H groups in total. The van der Waals surface area contributed by atoms with Crippen LogP contribution in [0.5, 0.6) is 0 Å². The van der Waals surface area contributed by atoms with E-state index in [4.69, 9.17) is 9.84 Å².